The molecule has 0 radical (unpaired) electrons. The molecule has 3 rings (SSSR count). The van der Waals surface area contributed by atoms with E-state index in [0.29, 0.717) is 5.78 Å². The third-order valence-corrected chi connectivity index (χ3v) is 5.35. The molecule has 2 saturated heterocycles. The molecule has 22 heavy (non-hydrogen) atoms. The van der Waals surface area contributed by atoms with E-state index in [1.807, 2.05) is 5.06 Å². The highest BCUT2D eigenvalue weighted by Gasteiger charge is 2.49. The minimum Gasteiger partial charge on any atom is -0.304 e. The van der Waals surface area contributed by atoms with Crippen LogP contribution in [-0.2, 0) is 9.63 Å². The third-order valence-electron chi connectivity index (χ3n) is 5.35. The number of nitrogens with one attached hydrogen (secondary N) is 1. The molecule has 1 spiro atoms. The summed E-state index contributed by atoms with van der Waals surface area (Å²) in [6.45, 7) is 8.75. The lowest BCUT2D eigenvalue weighted by molar-refractivity contribution is -0.156. The number of Topliss-reactive ketones (excluding diaryl/α,β-unsaturated/α-hetero) is 1. The molecule has 1 atom stereocenters. The number of aryl methyl sites for hydroxylation is 3. The van der Waals surface area contributed by atoms with Gasteiger partial charge in [-0.05, 0) is 50.3 Å². The van der Waals surface area contributed by atoms with Crippen molar-refractivity contribution < 1.29 is 9.63 Å². The standard InChI is InChI=1S/C18H26N2O2/c1-12-9-13(2)16(14(3)10-12)15-11-19-18(17(15)21)5-7-20(22-4)8-6-18/h9-10,15,19H,5-8,11H2,1-4H3. The molecule has 2 aliphatic heterocycles. The molecule has 0 amide bonds. The predicted molar refractivity (Wildman–Crippen MR) is 87.0 cm³/mol. The van der Waals surface area contributed by atoms with Gasteiger partial charge in [-0.3, -0.25) is 4.79 Å². The van der Waals surface area contributed by atoms with Gasteiger partial charge in [0, 0.05) is 19.6 Å². The van der Waals surface area contributed by atoms with Crippen LogP contribution in [0.3, 0.4) is 0 Å². The van der Waals surface area contributed by atoms with Crippen LogP contribution >= 0.6 is 0 Å². The van der Waals surface area contributed by atoms with Crippen LogP contribution in [0.15, 0.2) is 12.1 Å². The van der Waals surface area contributed by atoms with Crippen molar-refractivity contribution in [2.75, 3.05) is 26.7 Å². The van der Waals surface area contributed by atoms with Crippen molar-refractivity contribution in [1.82, 2.24) is 10.4 Å². The van der Waals surface area contributed by atoms with Crippen LogP contribution in [0.1, 0.15) is 41.0 Å². The lowest BCUT2D eigenvalue weighted by atomic mass is 9.79. The van der Waals surface area contributed by atoms with E-state index < -0.39 is 0 Å². The van der Waals surface area contributed by atoms with Gasteiger partial charge >= 0.3 is 0 Å². The summed E-state index contributed by atoms with van der Waals surface area (Å²) in [6.07, 6.45) is 1.67. The van der Waals surface area contributed by atoms with Gasteiger partial charge in [-0.2, -0.15) is 5.06 Å². The van der Waals surface area contributed by atoms with Crippen molar-refractivity contribution >= 4 is 5.78 Å². The maximum absolute atomic E-state index is 13.1. The van der Waals surface area contributed by atoms with E-state index in [-0.39, 0.29) is 11.5 Å². The molecule has 2 fully saturated rings. The van der Waals surface area contributed by atoms with Gasteiger partial charge in [-0.25, -0.2) is 0 Å². The molecule has 0 bridgehead atoms. The van der Waals surface area contributed by atoms with Gasteiger partial charge in [0.15, 0.2) is 5.78 Å². The highest BCUT2D eigenvalue weighted by Crippen LogP contribution is 2.37. The first-order valence-corrected chi connectivity index (χ1v) is 8.13. The molecule has 1 aromatic carbocycles. The van der Waals surface area contributed by atoms with Crippen molar-refractivity contribution in [2.45, 2.75) is 45.1 Å². The number of benzene rings is 1. The maximum atomic E-state index is 13.1. The number of carbonyl (C=O) groups is 1. The molecule has 1 unspecified atom stereocenters. The number of hydroxylamine groups is 2. The number of ketones is 1. The van der Waals surface area contributed by atoms with Gasteiger partial charge in [0.25, 0.3) is 0 Å². The van der Waals surface area contributed by atoms with Crippen LogP contribution in [0.4, 0.5) is 0 Å². The molecule has 0 aromatic heterocycles. The number of carbonyl (C=O) groups excluding carboxylic acids is 1. The topological polar surface area (TPSA) is 41.6 Å². The van der Waals surface area contributed by atoms with Crippen LogP contribution in [0.2, 0.25) is 0 Å². The number of hydrogen-bond acceptors (Lipinski definition) is 4. The van der Waals surface area contributed by atoms with Crippen molar-refractivity contribution in [3.8, 4) is 0 Å². The summed E-state index contributed by atoms with van der Waals surface area (Å²) in [6, 6.07) is 4.38. The Kier molecular flexibility index (Phi) is 4.10. The normalized spacial score (nSPS) is 25.1. The minimum atomic E-state index is -0.344. The SMILES string of the molecule is CON1CCC2(CC1)NCC(c1c(C)cc(C)cc1C)C2=O. The summed E-state index contributed by atoms with van der Waals surface area (Å²) in [7, 11) is 1.70. The summed E-state index contributed by atoms with van der Waals surface area (Å²) in [5.74, 6) is 0.369. The Morgan fingerprint density at radius 3 is 2.32 bits per heavy atom. The molecular weight excluding hydrogens is 276 g/mol. The van der Waals surface area contributed by atoms with E-state index in [9.17, 15) is 4.79 Å². The average Bonchev–Trinajstić information content (AvgIpc) is 2.77. The third kappa shape index (κ3) is 2.49. The first kappa shape index (κ1) is 15.7. The Bertz CT molecular complexity index is 566. The van der Waals surface area contributed by atoms with Gasteiger partial charge in [0.2, 0.25) is 0 Å². The molecule has 0 saturated carbocycles. The smallest absolute Gasteiger partial charge is 0.161 e. The van der Waals surface area contributed by atoms with Gasteiger partial charge in [-0.15, -0.1) is 0 Å². The van der Waals surface area contributed by atoms with E-state index >= 15 is 0 Å². The Morgan fingerprint density at radius 1 is 1.18 bits per heavy atom. The van der Waals surface area contributed by atoms with E-state index in [4.69, 9.17) is 4.84 Å². The Balaban J connectivity index is 1.86. The van der Waals surface area contributed by atoms with E-state index in [1.165, 1.54) is 22.3 Å². The predicted octanol–water partition coefficient (Wildman–Crippen LogP) is 2.26. The summed E-state index contributed by atoms with van der Waals surface area (Å²) in [5, 5.41) is 5.49. The number of hydrogen-bond donors (Lipinski definition) is 1. The molecular formula is C18H26N2O2. The Hall–Kier alpha value is -1.23. The number of nitrogens with zero attached hydrogens (tertiary/aromatic N) is 1. The second kappa shape index (κ2) is 5.76. The molecule has 2 aliphatic rings. The first-order chi connectivity index (χ1) is 10.5. The van der Waals surface area contributed by atoms with Crippen LogP contribution < -0.4 is 5.32 Å². The molecule has 0 aliphatic carbocycles. The number of rotatable bonds is 2. The molecule has 4 heteroatoms. The minimum absolute atomic E-state index is 0.00491. The largest absolute Gasteiger partial charge is 0.304 e. The fourth-order valence-corrected chi connectivity index (χ4v) is 4.26. The summed E-state index contributed by atoms with van der Waals surface area (Å²) < 4.78 is 0. The zero-order chi connectivity index (χ0) is 15.9. The summed E-state index contributed by atoms with van der Waals surface area (Å²) in [5.41, 5.74) is 4.63. The van der Waals surface area contributed by atoms with Crippen LogP contribution in [0, 0.1) is 20.8 Å². The highest BCUT2D eigenvalue weighted by atomic mass is 16.7. The molecule has 4 nitrogen and oxygen atoms in total. The van der Waals surface area contributed by atoms with E-state index in [2.05, 4.69) is 38.2 Å². The average molecular weight is 302 g/mol. The molecule has 1 N–H and O–H groups in total. The van der Waals surface area contributed by atoms with Crippen molar-refractivity contribution in [3.05, 3.63) is 34.4 Å². The zero-order valence-electron chi connectivity index (χ0n) is 14.0. The Morgan fingerprint density at radius 2 is 1.77 bits per heavy atom. The van der Waals surface area contributed by atoms with Crippen LogP contribution in [0.5, 0.6) is 0 Å². The van der Waals surface area contributed by atoms with E-state index in [1.54, 1.807) is 7.11 Å². The van der Waals surface area contributed by atoms with Gasteiger partial charge in [0.1, 0.15) is 0 Å². The fraction of sp³-hybridized carbons (Fsp3) is 0.611. The maximum Gasteiger partial charge on any atom is 0.161 e. The van der Waals surface area contributed by atoms with Crippen LogP contribution in [0.25, 0.3) is 0 Å². The van der Waals surface area contributed by atoms with Gasteiger partial charge in [-0.1, -0.05) is 17.7 Å². The van der Waals surface area contributed by atoms with Crippen LogP contribution in [-0.4, -0.2) is 43.1 Å². The Labute approximate surface area is 132 Å². The quantitative estimate of drug-likeness (QED) is 0.910. The van der Waals surface area contributed by atoms with Gasteiger partial charge in [0.05, 0.1) is 18.6 Å². The molecule has 120 valence electrons. The lowest BCUT2D eigenvalue weighted by Crippen LogP contribution is -2.53. The second-order valence-electron chi connectivity index (χ2n) is 6.80. The lowest BCUT2D eigenvalue weighted by Gasteiger charge is -2.37. The summed E-state index contributed by atoms with van der Waals surface area (Å²) >= 11 is 0. The fourth-order valence-electron chi connectivity index (χ4n) is 4.26. The van der Waals surface area contributed by atoms with Gasteiger partial charge < -0.3 is 10.2 Å². The van der Waals surface area contributed by atoms with Crippen molar-refractivity contribution in [2.24, 2.45) is 0 Å². The zero-order valence-corrected chi connectivity index (χ0v) is 14.0. The molecule has 2 heterocycles. The number of piperidine rings is 1. The second-order valence-corrected chi connectivity index (χ2v) is 6.80. The van der Waals surface area contributed by atoms with E-state index in [0.717, 1.165) is 32.5 Å². The first-order valence-electron chi connectivity index (χ1n) is 8.13. The molecule has 1 aromatic rings. The summed E-state index contributed by atoms with van der Waals surface area (Å²) in [4.78, 5) is 18.4. The van der Waals surface area contributed by atoms with Crippen molar-refractivity contribution in [3.63, 3.8) is 0 Å². The van der Waals surface area contributed by atoms with Crippen molar-refractivity contribution in [1.29, 1.82) is 0 Å². The highest BCUT2D eigenvalue weighted by molar-refractivity contribution is 5.97. The monoisotopic (exact) mass is 302 g/mol.